The predicted molar refractivity (Wildman–Crippen MR) is 85.8 cm³/mol. The van der Waals surface area contributed by atoms with Gasteiger partial charge in [-0.2, -0.15) is 0 Å². The first-order chi connectivity index (χ1) is 9.43. The summed E-state index contributed by atoms with van der Waals surface area (Å²) in [5.41, 5.74) is 7.71. The van der Waals surface area contributed by atoms with Crippen LogP contribution < -0.4 is 10.6 Å². The SMILES string of the molecule is Cc1nc(N(CCC(C)C)CCC(C)C)ncc1CN. The van der Waals surface area contributed by atoms with Crippen molar-refractivity contribution in [2.24, 2.45) is 17.6 Å². The molecule has 0 atom stereocenters. The van der Waals surface area contributed by atoms with Crippen LogP contribution in [0, 0.1) is 18.8 Å². The fraction of sp³-hybridized carbons (Fsp3) is 0.750. The fourth-order valence-corrected chi connectivity index (χ4v) is 1.97. The number of hydrogen-bond acceptors (Lipinski definition) is 4. The van der Waals surface area contributed by atoms with Gasteiger partial charge in [0.2, 0.25) is 5.95 Å². The van der Waals surface area contributed by atoms with E-state index in [1.165, 1.54) is 12.8 Å². The minimum absolute atomic E-state index is 0.504. The topological polar surface area (TPSA) is 55.0 Å². The Balaban J connectivity index is 2.82. The number of nitrogens with zero attached hydrogens (tertiary/aromatic N) is 3. The summed E-state index contributed by atoms with van der Waals surface area (Å²) in [5, 5.41) is 0. The van der Waals surface area contributed by atoms with Crippen molar-refractivity contribution >= 4 is 5.95 Å². The van der Waals surface area contributed by atoms with E-state index in [0.717, 1.165) is 30.3 Å². The van der Waals surface area contributed by atoms with E-state index < -0.39 is 0 Å². The molecule has 0 aromatic carbocycles. The van der Waals surface area contributed by atoms with Crippen LogP contribution in [0.5, 0.6) is 0 Å². The molecule has 114 valence electrons. The number of anilines is 1. The Morgan fingerprint density at radius 2 is 1.65 bits per heavy atom. The van der Waals surface area contributed by atoms with Crippen LogP contribution in [0.15, 0.2) is 6.20 Å². The van der Waals surface area contributed by atoms with Crippen LogP contribution in [-0.2, 0) is 6.54 Å². The fourth-order valence-electron chi connectivity index (χ4n) is 1.97. The highest BCUT2D eigenvalue weighted by Crippen LogP contribution is 2.15. The molecule has 0 radical (unpaired) electrons. The van der Waals surface area contributed by atoms with Crippen molar-refractivity contribution in [3.63, 3.8) is 0 Å². The molecule has 0 aliphatic carbocycles. The highest BCUT2D eigenvalue weighted by atomic mass is 15.2. The number of rotatable bonds is 8. The van der Waals surface area contributed by atoms with Crippen LogP contribution in [0.2, 0.25) is 0 Å². The van der Waals surface area contributed by atoms with E-state index in [1.807, 2.05) is 13.1 Å². The van der Waals surface area contributed by atoms with Crippen molar-refractivity contribution in [3.05, 3.63) is 17.5 Å². The molecule has 0 saturated carbocycles. The molecule has 1 heterocycles. The Morgan fingerprint density at radius 3 is 2.05 bits per heavy atom. The molecule has 0 bridgehead atoms. The Labute approximate surface area is 123 Å². The van der Waals surface area contributed by atoms with Crippen molar-refractivity contribution in [1.82, 2.24) is 9.97 Å². The number of hydrogen-bond donors (Lipinski definition) is 1. The molecule has 4 nitrogen and oxygen atoms in total. The summed E-state index contributed by atoms with van der Waals surface area (Å²) < 4.78 is 0. The lowest BCUT2D eigenvalue weighted by atomic mass is 10.1. The van der Waals surface area contributed by atoms with Crippen LogP contribution in [0.4, 0.5) is 5.95 Å². The van der Waals surface area contributed by atoms with Gasteiger partial charge >= 0.3 is 0 Å². The van der Waals surface area contributed by atoms with Gasteiger partial charge in [-0.1, -0.05) is 27.7 Å². The maximum atomic E-state index is 5.68. The van der Waals surface area contributed by atoms with Crippen molar-refractivity contribution in [3.8, 4) is 0 Å². The molecule has 2 N–H and O–H groups in total. The van der Waals surface area contributed by atoms with Gasteiger partial charge in [0.1, 0.15) is 0 Å². The molecule has 0 amide bonds. The van der Waals surface area contributed by atoms with Gasteiger partial charge in [0.25, 0.3) is 0 Å². The van der Waals surface area contributed by atoms with Crippen LogP contribution >= 0.6 is 0 Å². The molecule has 1 rings (SSSR count). The van der Waals surface area contributed by atoms with Crippen molar-refractivity contribution in [2.75, 3.05) is 18.0 Å². The maximum absolute atomic E-state index is 5.68. The molecule has 0 aliphatic rings. The Hall–Kier alpha value is -1.16. The van der Waals surface area contributed by atoms with Gasteiger partial charge < -0.3 is 10.6 Å². The number of nitrogens with two attached hydrogens (primary N) is 1. The maximum Gasteiger partial charge on any atom is 0.225 e. The second-order valence-electron chi connectivity index (χ2n) is 6.34. The highest BCUT2D eigenvalue weighted by molar-refractivity contribution is 5.32. The molecule has 0 saturated heterocycles. The van der Waals surface area contributed by atoms with Gasteiger partial charge in [-0.25, -0.2) is 9.97 Å². The van der Waals surface area contributed by atoms with Gasteiger partial charge in [0.15, 0.2) is 0 Å². The molecule has 0 aliphatic heterocycles. The van der Waals surface area contributed by atoms with Crippen LogP contribution in [0.1, 0.15) is 51.8 Å². The molecule has 20 heavy (non-hydrogen) atoms. The first-order valence-corrected chi connectivity index (χ1v) is 7.71. The second kappa shape index (κ2) is 8.20. The van der Waals surface area contributed by atoms with E-state index in [4.69, 9.17) is 5.73 Å². The zero-order valence-electron chi connectivity index (χ0n) is 13.7. The van der Waals surface area contributed by atoms with Gasteiger partial charge in [0.05, 0.1) is 0 Å². The molecular weight excluding hydrogens is 248 g/mol. The predicted octanol–water partition coefficient (Wildman–Crippen LogP) is 3.14. The van der Waals surface area contributed by atoms with E-state index >= 15 is 0 Å². The third kappa shape index (κ3) is 5.45. The van der Waals surface area contributed by atoms with Crippen molar-refractivity contribution < 1.29 is 0 Å². The minimum atomic E-state index is 0.504. The average Bonchev–Trinajstić information content (AvgIpc) is 2.38. The van der Waals surface area contributed by atoms with E-state index in [-0.39, 0.29) is 0 Å². The lowest BCUT2D eigenvalue weighted by Gasteiger charge is -2.25. The van der Waals surface area contributed by atoms with Crippen LogP contribution in [0.25, 0.3) is 0 Å². The minimum Gasteiger partial charge on any atom is -0.341 e. The summed E-state index contributed by atoms with van der Waals surface area (Å²) in [4.78, 5) is 11.4. The first kappa shape index (κ1) is 16.9. The summed E-state index contributed by atoms with van der Waals surface area (Å²) in [6.45, 7) is 13.6. The van der Waals surface area contributed by atoms with Gasteiger partial charge in [-0.15, -0.1) is 0 Å². The molecule has 1 aromatic rings. The third-order valence-corrected chi connectivity index (χ3v) is 3.52. The van der Waals surface area contributed by atoms with Crippen molar-refractivity contribution in [1.29, 1.82) is 0 Å². The molecule has 0 fully saturated rings. The zero-order valence-corrected chi connectivity index (χ0v) is 13.7. The lowest BCUT2D eigenvalue weighted by molar-refractivity contribution is 0.529. The Morgan fingerprint density at radius 1 is 1.10 bits per heavy atom. The largest absolute Gasteiger partial charge is 0.341 e. The monoisotopic (exact) mass is 278 g/mol. The summed E-state index contributed by atoms with van der Waals surface area (Å²) in [5.74, 6) is 2.24. The van der Waals surface area contributed by atoms with Crippen LogP contribution in [0.3, 0.4) is 0 Å². The molecule has 0 spiro atoms. The molecule has 4 heteroatoms. The summed E-state index contributed by atoms with van der Waals surface area (Å²) in [7, 11) is 0. The van der Waals surface area contributed by atoms with E-state index in [2.05, 4.69) is 42.6 Å². The van der Waals surface area contributed by atoms with Gasteiger partial charge in [-0.05, 0) is 31.6 Å². The molecule has 0 unspecified atom stereocenters. The quantitative estimate of drug-likeness (QED) is 0.793. The summed E-state index contributed by atoms with van der Waals surface area (Å²) in [6, 6.07) is 0. The Kier molecular flexibility index (Phi) is 6.93. The zero-order chi connectivity index (χ0) is 15.1. The van der Waals surface area contributed by atoms with Gasteiger partial charge in [-0.3, -0.25) is 0 Å². The lowest BCUT2D eigenvalue weighted by Crippen LogP contribution is -2.29. The molecule has 1 aromatic heterocycles. The van der Waals surface area contributed by atoms with E-state index in [9.17, 15) is 0 Å². The summed E-state index contributed by atoms with van der Waals surface area (Å²) >= 11 is 0. The first-order valence-electron chi connectivity index (χ1n) is 7.71. The number of aromatic nitrogens is 2. The van der Waals surface area contributed by atoms with Crippen molar-refractivity contribution in [2.45, 2.75) is 54.0 Å². The van der Waals surface area contributed by atoms with Gasteiger partial charge in [0, 0.05) is 37.1 Å². The molecular formula is C16H30N4. The van der Waals surface area contributed by atoms with E-state index in [0.29, 0.717) is 18.4 Å². The van der Waals surface area contributed by atoms with E-state index in [1.54, 1.807) is 0 Å². The normalized spacial score (nSPS) is 11.4. The second-order valence-corrected chi connectivity index (χ2v) is 6.34. The third-order valence-electron chi connectivity index (χ3n) is 3.52. The summed E-state index contributed by atoms with van der Waals surface area (Å²) in [6.07, 6.45) is 4.20. The average molecular weight is 278 g/mol. The standard InChI is InChI=1S/C16H30N4/c1-12(2)6-8-20(9-7-13(3)4)16-18-11-15(10-17)14(5)19-16/h11-13H,6-10,17H2,1-5H3. The number of aryl methyl sites for hydroxylation is 1. The smallest absolute Gasteiger partial charge is 0.225 e. The Bertz CT molecular complexity index is 389. The highest BCUT2D eigenvalue weighted by Gasteiger charge is 2.12. The van der Waals surface area contributed by atoms with Crippen LogP contribution in [-0.4, -0.2) is 23.1 Å².